The van der Waals surface area contributed by atoms with Crippen LogP contribution >= 0.6 is 30.8 Å². The lowest BCUT2D eigenvalue weighted by Gasteiger charge is -2.32. The summed E-state index contributed by atoms with van der Waals surface area (Å²) in [6, 6.07) is 14.8. The van der Waals surface area contributed by atoms with E-state index in [1.54, 1.807) is 18.2 Å². The summed E-state index contributed by atoms with van der Waals surface area (Å²) in [6.07, 6.45) is -0.903. The number of carboxylic acid groups (broad SMARTS) is 1. The van der Waals surface area contributed by atoms with Crippen molar-refractivity contribution in [1.82, 2.24) is 4.90 Å². The van der Waals surface area contributed by atoms with E-state index in [9.17, 15) is 33.4 Å². The number of carbonyl (C=O) groups excluding carboxylic acids is 1. The van der Waals surface area contributed by atoms with E-state index >= 15 is 0 Å². The summed E-state index contributed by atoms with van der Waals surface area (Å²) in [5.41, 5.74) is 1.42. The number of rotatable bonds is 9. The van der Waals surface area contributed by atoms with Crippen molar-refractivity contribution in [2.24, 2.45) is 0 Å². The largest absolute Gasteiger partial charge is 0.481 e. The molecule has 0 aliphatic rings. The molecule has 3 rings (SSSR count). The second kappa shape index (κ2) is 11.3. The second-order valence-corrected chi connectivity index (χ2v) is 10.3. The van der Waals surface area contributed by atoms with Crippen LogP contribution in [0.1, 0.15) is 39.5 Å². The lowest BCUT2D eigenvalue weighted by Crippen LogP contribution is -2.36. The third-order valence-corrected chi connectivity index (χ3v) is 6.69. The Labute approximate surface area is 210 Å². The predicted molar refractivity (Wildman–Crippen MR) is 130 cm³/mol. The smallest absolute Gasteiger partial charge is 0.329 e. The molecule has 0 fully saturated rings. The van der Waals surface area contributed by atoms with Gasteiger partial charge >= 0.3 is 13.6 Å². The molecule has 1 amide bonds. The second-order valence-electron chi connectivity index (χ2n) is 7.87. The topological polar surface area (TPSA) is 115 Å². The fourth-order valence-electron chi connectivity index (χ4n) is 3.59. The SMILES string of the molecule is O=C(O)CC(c1ccc(Cl)c(Cl)c1)N(Cc1ccc(CP(=O)(O)O)cc1)C(=O)c1cccc(F)c1. The van der Waals surface area contributed by atoms with Gasteiger partial charge in [-0.25, -0.2) is 4.39 Å². The first-order valence-corrected chi connectivity index (χ1v) is 12.8. The minimum Gasteiger partial charge on any atom is -0.481 e. The third kappa shape index (κ3) is 7.62. The van der Waals surface area contributed by atoms with Gasteiger partial charge in [-0.2, -0.15) is 0 Å². The van der Waals surface area contributed by atoms with E-state index in [1.807, 2.05) is 0 Å². The molecule has 0 aliphatic carbocycles. The fourth-order valence-corrected chi connectivity index (χ4v) is 4.58. The van der Waals surface area contributed by atoms with E-state index in [2.05, 4.69) is 0 Å². The maximum absolute atomic E-state index is 13.9. The summed E-state index contributed by atoms with van der Waals surface area (Å²) in [4.78, 5) is 44.9. The standard InChI is InChI=1S/C24H21Cl2FNO6P/c25-20-9-8-17(11-21(20)26)22(12-23(29)30)28(24(31)18-2-1-3-19(27)10-18)13-15-4-6-16(7-5-15)14-35(32,33)34/h1-11,22H,12-14H2,(H,29,30)(H2,32,33,34). The van der Waals surface area contributed by atoms with Crippen molar-refractivity contribution < 1.29 is 33.4 Å². The monoisotopic (exact) mass is 539 g/mol. The van der Waals surface area contributed by atoms with Crippen LogP contribution in [0.5, 0.6) is 0 Å². The lowest BCUT2D eigenvalue weighted by atomic mass is 9.99. The third-order valence-electron chi connectivity index (χ3n) is 5.17. The number of halogens is 3. The molecule has 0 saturated heterocycles. The maximum Gasteiger partial charge on any atom is 0.329 e. The zero-order valence-corrected chi connectivity index (χ0v) is 20.6. The van der Waals surface area contributed by atoms with Crippen LogP contribution in [0.15, 0.2) is 66.7 Å². The van der Waals surface area contributed by atoms with Crippen LogP contribution in [0.2, 0.25) is 10.0 Å². The van der Waals surface area contributed by atoms with Gasteiger partial charge in [-0.15, -0.1) is 0 Å². The Hall–Kier alpha value is -2.74. The first kappa shape index (κ1) is 26.9. The molecule has 0 spiro atoms. The Morgan fingerprint density at radius 2 is 1.60 bits per heavy atom. The number of aliphatic carboxylic acids is 1. The van der Waals surface area contributed by atoms with Gasteiger partial charge in [0.05, 0.1) is 28.7 Å². The molecule has 35 heavy (non-hydrogen) atoms. The van der Waals surface area contributed by atoms with Crippen LogP contribution in [0.25, 0.3) is 0 Å². The van der Waals surface area contributed by atoms with E-state index in [1.165, 1.54) is 47.4 Å². The highest BCUT2D eigenvalue weighted by molar-refractivity contribution is 7.50. The van der Waals surface area contributed by atoms with Crippen LogP contribution in [0, 0.1) is 5.82 Å². The Kier molecular flexibility index (Phi) is 8.70. The van der Waals surface area contributed by atoms with Crippen molar-refractivity contribution in [2.45, 2.75) is 25.2 Å². The van der Waals surface area contributed by atoms with Crippen molar-refractivity contribution in [3.05, 3.63) is 105 Å². The van der Waals surface area contributed by atoms with Gasteiger partial charge < -0.3 is 19.8 Å². The quantitative estimate of drug-likeness (QED) is 0.302. The van der Waals surface area contributed by atoms with E-state index in [-0.39, 0.29) is 22.2 Å². The molecule has 7 nitrogen and oxygen atoms in total. The number of hydrogen-bond acceptors (Lipinski definition) is 3. The Morgan fingerprint density at radius 1 is 0.943 bits per heavy atom. The molecule has 0 bridgehead atoms. The van der Waals surface area contributed by atoms with Crippen LogP contribution < -0.4 is 0 Å². The molecule has 1 unspecified atom stereocenters. The zero-order chi connectivity index (χ0) is 25.8. The van der Waals surface area contributed by atoms with Gasteiger partial charge in [0.1, 0.15) is 5.82 Å². The van der Waals surface area contributed by atoms with Crippen molar-refractivity contribution in [2.75, 3.05) is 0 Å². The Bertz CT molecular complexity index is 1280. The molecular formula is C24H21Cl2FNO6P. The van der Waals surface area contributed by atoms with E-state index in [0.29, 0.717) is 16.7 Å². The lowest BCUT2D eigenvalue weighted by molar-refractivity contribution is -0.138. The Balaban J connectivity index is 2.04. The number of amides is 1. The summed E-state index contributed by atoms with van der Waals surface area (Å²) in [6.45, 7) is -0.0657. The summed E-state index contributed by atoms with van der Waals surface area (Å²) >= 11 is 12.2. The normalized spacial score (nSPS) is 12.3. The molecule has 1 atom stereocenters. The van der Waals surface area contributed by atoms with Crippen molar-refractivity contribution in [1.29, 1.82) is 0 Å². The average molecular weight is 540 g/mol. The summed E-state index contributed by atoms with van der Waals surface area (Å²) in [7, 11) is -4.26. The van der Waals surface area contributed by atoms with Gasteiger partial charge in [0, 0.05) is 12.1 Å². The highest BCUT2D eigenvalue weighted by Crippen LogP contribution is 2.39. The molecular weight excluding hydrogens is 519 g/mol. The summed E-state index contributed by atoms with van der Waals surface area (Å²) in [5, 5.41) is 10.0. The van der Waals surface area contributed by atoms with Crippen molar-refractivity contribution in [3.8, 4) is 0 Å². The molecule has 0 radical (unpaired) electrons. The minimum atomic E-state index is -4.26. The zero-order valence-electron chi connectivity index (χ0n) is 18.1. The van der Waals surface area contributed by atoms with Gasteiger partial charge in [-0.1, -0.05) is 59.6 Å². The van der Waals surface area contributed by atoms with Crippen molar-refractivity contribution in [3.63, 3.8) is 0 Å². The van der Waals surface area contributed by atoms with Crippen LogP contribution in [0.3, 0.4) is 0 Å². The minimum absolute atomic E-state index is 0.0265. The molecule has 0 saturated carbocycles. The van der Waals surface area contributed by atoms with Crippen molar-refractivity contribution >= 4 is 42.7 Å². The molecule has 11 heteroatoms. The molecule has 3 aromatic rings. The molecule has 0 aromatic heterocycles. The number of benzene rings is 3. The first-order chi connectivity index (χ1) is 16.4. The predicted octanol–water partition coefficient (Wildman–Crippen LogP) is 5.67. The van der Waals surface area contributed by atoms with Gasteiger partial charge in [-0.05, 0) is 47.0 Å². The van der Waals surface area contributed by atoms with E-state index in [0.717, 1.165) is 6.07 Å². The van der Waals surface area contributed by atoms with E-state index in [4.69, 9.17) is 23.2 Å². The number of nitrogens with zero attached hydrogens (tertiary/aromatic N) is 1. The van der Waals surface area contributed by atoms with Gasteiger partial charge in [0.15, 0.2) is 0 Å². The number of carboxylic acids is 1. The molecule has 184 valence electrons. The van der Waals surface area contributed by atoms with Crippen LogP contribution in [0.4, 0.5) is 4.39 Å². The van der Waals surface area contributed by atoms with Crippen LogP contribution in [-0.4, -0.2) is 31.7 Å². The molecule has 3 N–H and O–H groups in total. The first-order valence-electron chi connectivity index (χ1n) is 10.3. The number of hydrogen-bond donors (Lipinski definition) is 3. The maximum atomic E-state index is 13.9. The van der Waals surface area contributed by atoms with E-state index < -0.39 is 43.9 Å². The Morgan fingerprint density at radius 3 is 2.17 bits per heavy atom. The molecule has 0 aliphatic heterocycles. The van der Waals surface area contributed by atoms with Gasteiger partial charge in [0.2, 0.25) is 0 Å². The molecule has 3 aromatic carbocycles. The molecule has 0 heterocycles. The average Bonchev–Trinajstić information content (AvgIpc) is 2.77. The van der Waals surface area contributed by atoms with Gasteiger partial charge in [0.25, 0.3) is 5.91 Å². The number of carbonyl (C=O) groups is 2. The fraction of sp³-hybridized carbons (Fsp3) is 0.167. The summed E-state index contributed by atoms with van der Waals surface area (Å²) < 4.78 is 25.1. The highest BCUT2D eigenvalue weighted by Gasteiger charge is 2.29. The van der Waals surface area contributed by atoms with Gasteiger partial charge in [-0.3, -0.25) is 14.2 Å². The summed E-state index contributed by atoms with van der Waals surface area (Å²) in [5.74, 6) is -2.40. The highest BCUT2D eigenvalue weighted by atomic mass is 35.5. The van der Waals surface area contributed by atoms with Crippen LogP contribution in [-0.2, 0) is 22.1 Å².